The first-order chi connectivity index (χ1) is 12.4. The predicted molar refractivity (Wildman–Crippen MR) is 107 cm³/mol. The molecule has 1 amide bonds. The maximum absolute atomic E-state index is 12.6. The Morgan fingerprint density at radius 3 is 2.41 bits per heavy atom. The van der Waals surface area contributed by atoms with Gasteiger partial charge in [0.05, 0.1) is 17.7 Å². The molecule has 0 aromatic heterocycles. The van der Waals surface area contributed by atoms with Crippen LogP contribution in [-0.2, 0) is 10.0 Å². The Morgan fingerprint density at radius 2 is 1.81 bits per heavy atom. The van der Waals surface area contributed by atoms with Crippen LogP contribution in [0.1, 0.15) is 36.7 Å². The molecule has 0 atom stereocenters. The van der Waals surface area contributed by atoms with Crippen LogP contribution >= 0.6 is 11.6 Å². The third-order valence-corrected chi connectivity index (χ3v) is 5.74. The van der Waals surface area contributed by atoms with Crippen LogP contribution in [0.3, 0.4) is 0 Å². The van der Waals surface area contributed by atoms with Gasteiger partial charge in [-0.3, -0.25) is 4.79 Å². The summed E-state index contributed by atoms with van der Waals surface area (Å²) in [6.07, 6.45) is 0. The normalized spacial score (nSPS) is 11.9. The number of methoxy groups -OCH3 is 1. The summed E-state index contributed by atoms with van der Waals surface area (Å²) in [5, 5.41) is 3.25. The number of hydrogen-bond acceptors (Lipinski definition) is 4. The van der Waals surface area contributed by atoms with Gasteiger partial charge in [-0.2, -0.15) is 0 Å². The zero-order valence-corrected chi connectivity index (χ0v) is 17.5. The minimum Gasteiger partial charge on any atom is -0.495 e. The Morgan fingerprint density at radius 1 is 1.15 bits per heavy atom. The van der Waals surface area contributed by atoms with Crippen molar-refractivity contribution in [3.63, 3.8) is 0 Å². The van der Waals surface area contributed by atoms with E-state index in [-0.39, 0.29) is 10.5 Å². The molecule has 0 aliphatic carbocycles. The molecule has 2 N–H and O–H groups in total. The van der Waals surface area contributed by atoms with Crippen molar-refractivity contribution in [1.29, 1.82) is 0 Å². The molecule has 146 valence electrons. The molecule has 0 saturated carbocycles. The molecule has 0 fully saturated rings. The molecule has 2 rings (SSSR count). The number of sulfonamides is 1. The molecule has 6 nitrogen and oxygen atoms in total. The summed E-state index contributed by atoms with van der Waals surface area (Å²) in [4.78, 5) is 12.6. The van der Waals surface area contributed by atoms with Crippen molar-refractivity contribution in [2.45, 2.75) is 38.1 Å². The van der Waals surface area contributed by atoms with Gasteiger partial charge in [0, 0.05) is 22.2 Å². The second kappa shape index (κ2) is 7.88. The number of ether oxygens (including phenoxy) is 1. The Labute approximate surface area is 164 Å². The fourth-order valence-corrected chi connectivity index (χ4v) is 4.01. The summed E-state index contributed by atoms with van der Waals surface area (Å²) < 4.78 is 32.8. The molecule has 0 heterocycles. The SMILES string of the molecule is COc1cc(Cl)c(C)cc1NC(=O)c1cccc(S(=O)(=O)NC(C)(C)C)c1. The van der Waals surface area contributed by atoms with Crippen LogP contribution in [0.5, 0.6) is 5.75 Å². The minimum atomic E-state index is -3.74. The summed E-state index contributed by atoms with van der Waals surface area (Å²) in [6, 6.07) is 9.15. The molecule has 2 aromatic carbocycles. The first kappa shape index (κ1) is 21.2. The Balaban J connectivity index is 2.33. The van der Waals surface area contributed by atoms with E-state index < -0.39 is 21.5 Å². The van der Waals surface area contributed by atoms with Crippen LogP contribution in [0.15, 0.2) is 41.3 Å². The van der Waals surface area contributed by atoms with Gasteiger partial charge in [-0.05, 0) is 57.5 Å². The number of aryl methyl sites for hydroxylation is 1. The molecule has 0 saturated heterocycles. The summed E-state index contributed by atoms with van der Waals surface area (Å²) in [5.74, 6) is -0.0417. The van der Waals surface area contributed by atoms with Crippen LogP contribution in [0.25, 0.3) is 0 Å². The van der Waals surface area contributed by atoms with Crippen molar-refractivity contribution < 1.29 is 17.9 Å². The molecule has 0 spiro atoms. The average molecular weight is 411 g/mol. The van der Waals surface area contributed by atoms with E-state index in [2.05, 4.69) is 10.0 Å². The number of amides is 1. The lowest BCUT2D eigenvalue weighted by Gasteiger charge is -2.20. The van der Waals surface area contributed by atoms with Crippen molar-refractivity contribution in [3.05, 3.63) is 52.5 Å². The first-order valence-corrected chi connectivity index (χ1v) is 10.1. The third kappa shape index (κ3) is 5.45. The average Bonchev–Trinajstić information content (AvgIpc) is 2.56. The summed E-state index contributed by atoms with van der Waals surface area (Å²) in [6.45, 7) is 7.05. The quantitative estimate of drug-likeness (QED) is 0.780. The lowest BCUT2D eigenvalue weighted by atomic mass is 10.1. The van der Waals surface area contributed by atoms with E-state index in [1.165, 1.54) is 25.3 Å². The van der Waals surface area contributed by atoms with E-state index in [0.29, 0.717) is 16.5 Å². The van der Waals surface area contributed by atoms with E-state index in [4.69, 9.17) is 16.3 Å². The summed E-state index contributed by atoms with van der Waals surface area (Å²) in [7, 11) is -2.27. The van der Waals surface area contributed by atoms with Crippen LogP contribution in [0, 0.1) is 6.92 Å². The van der Waals surface area contributed by atoms with Crippen molar-refractivity contribution in [1.82, 2.24) is 4.72 Å². The van der Waals surface area contributed by atoms with Crippen molar-refractivity contribution in [2.24, 2.45) is 0 Å². The van der Waals surface area contributed by atoms with Gasteiger partial charge in [0.1, 0.15) is 5.75 Å². The highest BCUT2D eigenvalue weighted by atomic mass is 35.5. The van der Waals surface area contributed by atoms with Gasteiger partial charge in [-0.15, -0.1) is 0 Å². The lowest BCUT2D eigenvalue weighted by Crippen LogP contribution is -2.40. The molecule has 0 aliphatic heterocycles. The number of anilines is 1. The highest BCUT2D eigenvalue weighted by Gasteiger charge is 2.23. The van der Waals surface area contributed by atoms with E-state index in [1.54, 1.807) is 39.0 Å². The molecule has 0 radical (unpaired) electrons. The van der Waals surface area contributed by atoms with E-state index in [0.717, 1.165) is 5.56 Å². The second-order valence-corrected chi connectivity index (χ2v) is 9.23. The van der Waals surface area contributed by atoms with Crippen LogP contribution in [0.2, 0.25) is 5.02 Å². The largest absolute Gasteiger partial charge is 0.495 e. The molecule has 2 aromatic rings. The minimum absolute atomic E-state index is 0.0179. The first-order valence-electron chi connectivity index (χ1n) is 8.22. The number of nitrogens with one attached hydrogen (secondary N) is 2. The van der Waals surface area contributed by atoms with Crippen LogP contribution in [0.4, 0.5) is 5.69 Å². The molecule has 0 unspecified atom stereocenters. The molecular formula is C19H23ClN2O4S. The van der Waals surface area contributed by atoms with Gasteiger partial charge >= 0.3 is 0 Å². The summed E-state index contributed by atoms with van der Waals surface area (Å²) >= 11 is 6.08. The van der Waals surface area contributed by atoms with Gasteiger partial charge in [0.25, 0.3) is 5.91 Å². The molecule has 0 bridgehead atoms. The van der Waals surface area contributed by atoms with Crippen LogP contribution < -0.4 is 14.8 Å². The van der Waals surface area contributed by atoms with E-state index >= 15 is 0 Å². The van der Waals surface area contributed by atoms with Gasteiger partial charge in [-0.1, -0.05) is 17.7 Å². The molecule has 27 heavy (non-hydrogen) atoms. The number of halogens is 1. The standard InChI is InChI=1S/C19H23ClN2O4S/c1-12-9-16(17(26-5)11-15(12)20)21-18(23)13-7-6-8-14(10-13)27(24,25)22-19(2,3)4/h6-11,22H,1-5H3,(H,21,23). The zero-order chi connectivity index (χ0) is 20.4. The topological polar surface area (TPSA) is 84.5 Å². The fraction of sp³-hybridized carbons (Fsp3) is 0.316. The number of carbonyl (C=O) groups excluding carboxylic acids is 1. The van der Waals surface area contributed by atoms with E-state index in [1.807, 2.05) is 6.92 Å². The highest BCUT2D eigenvalue weighted by molar-refractivity contribution is 7.89. The third-order valence-electron chi connectivity index (χ3n) is 3.58. The van der Waals surface area contributed by atoms with Gasteiger partial charge in [0.15, 0.2) is 0 Å². The monoisotopic (exact) mass is 410 g/mol. The Kier molecular flexibility index (Phi) is 6.19. The van der Waals surface area contributed by atoms with Gasteiger partial charge < -0.3 is 10.1 Å². The van der Waals surface area contributed by atoms with Gasteiger partial charge in [0.2, 0.25) is 10.0 Å². The number of rotatable bonds is 5. The highest BCUT2D eigenvalue weighted by Crippen LogP contribution is 2.31. The second-order valence-electron chi connectivity index (χ2n) is 7.14. The Bertz CT molecular complexity index is 966. The molecular weight excluding hydrogens is 388 g/mol. The Hall–Kier alpha value is -2.09. The number of carbonyl (C=O) groups is 1. The number of benzene rings is 2. The summed E-state index contributed by atoms with van der Waals surface area (Å²) in [5.41, 5.74) is 0.802. The van der Waals surface area contributed by atoms with Crippen molar-refractivity contribution in [2.75, 3.05) is 12.4 Å². The van der Waals surface area contributed by atoms with Crippen molar-refractivity contribution in [3.8, 4) is 5.75 Å². The maximum Gasteiger partial charge on any atom is 0.255 e. The smallest absolute Gasteiger partial charge is 0.255 e. The zero-order valence-electron chi connectivity index (χ0n) is 15.9. The molecule has 8 heteroatoms. The predicted octanol–water partition coefficient (Wildman–Crippen LogP) is 3.99. The lowest BCUT2D eigenvalue weighted by molar-refractivity contribution is 0.102. The van der Waals surface area contributed by atoms with E-state index in [9.17, 15) is 13.2 Å². The fourth-order valence-electron chi connectivity index (χ4n) is 2.39. The van der Waals surface area contributed by atoms with Crippen molar-refractivity contribution >= 4 is 33.2 Å². The van der Waals surface area contributed by atoms with Crippen LogP contribution in [-0.4, -0.2) is 27.0 Å². The maximum atomic E-state index is 12.6. The number of hydrogen-bond donors (Lipinski definition) is 2. The van der Waals surface area contributed by atoms with Gasteiger partial charge in [-0.25, -0.2) is 13.1 Å². The molecule has 0 aliphatic rings.